The van der Waals surface area contributed by atoms with Crippen LogP contribution >= 0.6 is 0 Å². The third-order valence-corrected chi connectivity index (χ3v) is 5.52. The molecule has 0 atom stereocenters. The molecular weight excluding hydrogens is 330 g/mol. The normalized spacial score (nSPS) is 12.3. The van der Waals surface area contributed by atoms with Crippen LogP contribution in [-0.2, 0) is 32.7 Å². The van der Waals surface area contributed by atoms with Gasteiger partial charge in [-0.25, -0.2) is 17.7 Å². The molecule has 0 aliphatic heterocycles. The summed E-state index contributed by atoms with van der Waals surface area (Å²) in [4.78, 5) is 16.3. The van der Waals surface area contributed by atoms with E-state index < -0.39 is 10.0 Å². The van der Waals surface area contributed by atoms with Gasteiger partial charge in [-0.15, -0.1) is 0 Å². The summed E-state index contributed by atoms with van der Waals surface area (Å²) in [7, 11) is -0.543. The Morgan fingerprint density at radius 1 is 1.33 bits per heavy atom. The summed E-state index contributed by atoms with van der Waals surface area (Å²) in [5, 5.41) is 0. The Hall–Kier alpha value is -1.93. The summed E-state index contributed by atoms with van der Waals surface area (Å²) in [5.74, 6) is 0.0998. The number of aryl methyl sites for hydroxylation is 1. The summed E-state index contributed by atoms with van der Waals surface area (Å²) in [6, 6.07) is 4.84. The molecule has 0 saturated carbocycles. The molecule has 24 heavy (non-hydrogen) atoms. The van der Waals surface area contributed by atoms with Gasteiger partial charge in [0.25, 0.3) is 0 Å². The predicted molar refractivity (Wildman–Crippen MR) is 90.9 cm³/mol. The van der Waals surface area contributed by atoms with Gasteiger partial charge in [0.2, 0.25) is 10.0 Å². The Morgan fingerprint density at radius 3 is 2.54 bits per heavy atom. The van der Waals surface area contributed by atoms with E-state index in [1.54, 1.807) is 32.0 Å². The maximum Gasteiger partial charge on any atom is 0.308 e. The largest absolute Gasteiger partial charge is 0.457 e. The second-order valence-electron chi connectivity index (χ2n) is 5.97. The van der Waals surface area contributed by atoms with Crippen molar-refractivity contribution in [2.75, 3.05) is 14.1 Å². The number of nitrogens with zero attached hydrogens (tertiary/aromatic N) is 3. The fourth-order valence-electron chi connectivity index (χ4n) is 2.30. The van der Waals surface area contributed by atoms with E-state index in [9.17, 15) is 13.2 Å². The Morgan fingerprint density at radius 2 is 2.00 bits per heavy atom. The highest BCUT2D eigenvalue weighted by Crippen LogP contribution is 2.22. The zero-order valence-electron chi connectivity index (χ0n) is 14.6. The molecule has 132 valence electrons. The van der Waals surface area contributed by atoms with Crippen molar-refractivity contribution in [2.45, 2.75) is 38.8 Å². The summed E-state index contributed by atoms with van der Waals surface area (Å²) in [6.45, 7) is 6.20. The molecule has 2 rings (SSSR count). The van der Waals surface area contributed by atoms with E-state index in [4.69, 9.17) is 4.74 Å². The van der Waals surface area contributed by atoms with Gasteiger partial charge < -0.3 is 9.30 Å². The van der Waals surface area contributed by atoms with Crippen molar-refractivity contribution in [3.8, 4) is 0 Å². The predicted octanol–water partition coefficient (Wildman–Crippen LogP) is 2.01. The monoisotopic (exact) mass is 353 g/mol. The second kappa shape index (κ2) is 6.90. The van der Waals surface area contributed by atoms with Crippen LogP contribution in [-0.4, -0.2) is 42.3 Å². The van der Waals surface area contributed by atoms with Crippen molar-refractivity contribution >= 4 is 27.0 Å². The Labute approximate surface area is 142 Å². The van der Waals surface area contributed by atoms with Crippen LogP contribution in [0.15, 0.2) is 23.1 Å². The van der Waals surface area contributed by atoms with Gasteiger partial charge in [-0.1, -0.05) is 13.8 Å². The number of carbonyl (C=O) groups excluding carboxylic acids is 1. The first kappa shape index (κ1) is 18.4. The van der Waals surface area contributed by atoms with E-state index in [1.165, 1.54) is 14.1 Å². The molecule has 0 spiro atoms. The third kappa shape index (κ3) is 3.44. The van der Waals surface area contributed by atoms with Crippen LogP contribution in [0.3, 0.4) is 0 Å². The minimum absolute atomic E-state index is 0.0648. The number of benzene rings is 1. The molecule has 1 aromatic heterocycles. The maximum absolute atomic E-state index is 12.2. The summed E-state index contributed by atoms with van der Waals surface area (Å²) >= 11 is 0. The van der Waals surface area contributed by atoms with E-state index >= 15 is 0 Å². The quantitative estimate of drug-likeness (QED) is 0.742. The van der Waals surface area contributed by atoms with Crippen LogP contribution in [0.1, 0.15) is 26.6 Å². The number of ether oxygens (including phenoxy) is 1. The molecule has 0 radical (unpaired) electrons. The molecule has 0 amide bonds. The number of rotatable bonds is 6. The maximum atomic E-state index is 12.2. The molecule has 0 fully saturated rings. The van der Waals surface area contributed by atoms with Crippen LogP contribution in [0.25, 0.3) is 11.0 Å². The van der Waals surface area contributed by atoms with Crippen LogP contribution in [0.5, 0.6) is 0 Å². The minimum atomic E-state index is -3.52. The van der Waals surface area contributed by atoms with Gasteiger partial charge in [0, 0.05) is 20.6 Å². The number of hydrogen-bond donors (Lipinski definition) is 0. The van der Waals surface area contributed by atoms with Gasteiger partial charge in [0.15, 0.2) is 0 Å². The van der Waals surface area contributed by atoms with Crippen LogP contribution in [0.4, 0.5) is 0 Å². The first-order valence-corrected chi connectivity index (χ1v) is 9.20. The number of hydrogen-bond acceptors (Lipinski definition) is 5. The lowest BCUT2D eigenvalue weighted by atomic mass is 10.2. The zero-order valence-corrected chi connectivity index (χ0v) is 15.4. The van der Waals surface area contributed by atoms with Gasteiger partial charge in [0.05, 0.1) is 21.8 Å². The SMILES string of the molecule is CCn1c(COC(=O)C(C)C)nc2cc(S(=O)(=O)N(C)C)ccc21. The Balaban J connectivity index is 2.43. The number of aromatic nitrogens is 2. The van der Waals surface area contributed by atoms with Crippen LogP contribution in [0, 0.1) is 5.92 Å². The molecule has 0 bridgehead atoms. The molecule has 0 unspecified atom stereocenters. The van der Waals surface area contributed by atoms with Gasteiger partial charge in [0.1, 0.15) is 12.4 Å². The second-order valence-corrected chi connectivity index (χ2v) is 8.12. The van der Waals surface area contributed by atoms with Crippen molar-refractivity contribution in [3.63, 3.8) is 0 Å². The minimum Gasteiger partial charge on any atom is -0.457 e. The molecule has 2 aromatic rings. The average molecular weight is 353 g/mol. The number of imidazole rings is 1. The highest BCUT2D eigenvalue weighted by Gasteiger charge is 2.20. The molecule has 0 N–H and O–H groups in total. The first-order chi connectivity index (χ1) is 11.2. The summed E-state index contributed by atoms with van der Waals surface area (Å²) < 4.78 is 32.8. The van der Waals surface area contributed by atoms with E-state index in [0.29, 0.717) is 17.9 Å². The third-order valence-electron chi connectivity index (χ3n) is 3.71. The van der Waals surface area contributed by atoms with Gasteiger partial charge in [-0.2, -0.15) is 0 Å². The Kier molecular flexibility index (Phi) is 5.29. The average Bonchev–Trinajstić information content (AvgIpc) is 2.88. The van der Waals surface area contributed by atoms with Crippen molar-refractivity contribution in [2.24, 2.45) is 5.92 Å². The smallest absolute Gasteiger partial charge is 0.308 e. The molecule has 0 aliphatic carbocycles. The van der Waals surface area contributed by atoms with Crippen molar-refractivity contribution in [3.05, 3.63) is 24.0 Å². The lowest BCUT2D eigenvalue weighted by Crippen LogP contribution is -2.22. The number of sulfonamides is 1. The summed E-state index contributed by atoms with van der Waals surface area (Å²) in [6.07, 6.45) is 0. The molecule has 1 heterocycles. The van der Waals surface area contributed by atoms with E-state index in [-0.39, 0.29) is 23.4 Å². The van der Waals surface area contributed by atoms with Crippen LogP contribution in [0.2, 0.25) is 0 Å². The topological polar surface area (TPSA) is 81.5 Å². The first-order valence-electron chi connectivity index (χ1n) is 7.76. The van der Waals surface area contributed by atoms with Crippen LogP contribution < -0.4 is 0 Å². The number of esters is 1. The fraction of sp³-hybridized carbons (Fsp3) is 0.500. The van der Waals surface area contributed by atoms with E-state index in [1.807, 2.05) is 11.5 Å². The summed E-state index contributed by atoms with van der Waals surface area (Å²) in [5.41, 5.74) is 1.38. The van der Waals surface area contributed by atoms with Gasteiger partial charge in [-0.3, -0.25) is 4.79 Å². The number of carbonyl (C=O) groups is 1. The van der Waals surface area contributed by atoms with Gasteiger partial charge >= 0.3 is 5.97 Å². The van der Waals surface area contributed by atoms with Crippen molar-refractivity contribution in [1.82, 2.24) is 13.9 Å². The zero-order chi connectivity index (χ0) is 18.1. The Bertz CT molecular complexity index is 854. The molecule has 1 aromatic carbocycles. The molecular formula is C16H23N3O4S. The highest BCUT2D eigenvalue weighted by molar-refractivity contribution is 7.89. The molecule has 8 heteroatoms. The van der Waals surface area contributed by atoms with E-state index in [2.05, 4.69) is 4.98 Å². The van der Waals surface area contributed by atoms with E-state index in [0.717, 1.165) is 9.82 Å². The molecule has 0 saturated heterocycles. The highest BCUT2D eigenvalue weighted by atomic mass is 32.2. The number of fused-ring (bicyclic) bond motifs is 1. The molecule has 7 nitrogen and oxygen atoms in total. The molecule has 0 aliphatic rings. The van der Waals surface area contributed by atoms with Crippen molar-refractivity contribution < 1.29 is 17.9 Å². The fourth-order valence-corrected chi connectivity index (χ4v) is 3.22. The lowest BCUT2D eigenvalue weighted by Gasteiger charge is -2.11. The van der Waals surface area contributed by atoms with Gasteiger partial charge in [-0.05, 0) is 25.1 Å². The van der Waals surface area contributed by atoms with Crippen molar-refractivity contribution in [1.29, 1.82) is 0 Å². The standard InChI is InChI=1S/C16H23N3O4S/c1-6-19-14-8-7-12(24(21,22)18(4)5)9-13(14)17-15(19)10-23-16(20)11(2)3/h7-9,11H,6,10H2,1-5H3. The lowest BCUT2D eigenvalue weighted by molar-refractivity contribution is -0.148.